The number of hydrogen-bond acceptors (Lipinski definition) is 2. The van der Waals surface area contributed by atoms with E-state index in [4.69, 9.17) is 9.47 Å². The summed E-state index contributed by atoms with van der Waals surface area (Å²) in [5.41, 5.74) is 6.95. The van der Waals surface area contributed by atoms with Crippen molar-refractivity contribution in [3.05, 3.63) is 88.6 Å². The Morgan fingerprint density at radius 2 is 1.80 bits per heavy atom. The lowest BCUT2D eigenvalue weighted by atomic mass is 9.72. The van der Waals surface area contributed by atoms with Gasteiger partial charge < -0.3 is 9.47 Å². The molecule has 0 atom stereocenters. The largest absolute Gasteiger partial charge is 0.497 e. The Morgan fingerprint density at radius 1 is 1.07 bits per heavy atom. The number of hydrogen-bond donors (Lipinski definition) is 0. The maximum atomic E-state index is 5.74. The zero-order valence-electron chi connectivity index (χ0n) is 19.6. The predicted molar refractivity (Wildman–Crippen MR) is 129 cm³/mol. The van der Waals surface area contributed by atoms with Crippen LogP contribution in [0.15, 0.2) is 83.0 Å². The van der Waals surface area contributed by atoms with Crippen molar-refractivity contribution in [2.75, 3.05) is 13.7 Å². The van der Waals surface area contributed by atoms with E-state index in [1.54, 1.807) is 12.7 Å². The van der Waals surface area contributed by atoms with Crippen LogP contribution in [-0.4, -0.2) is 13.7 Å². The van der Waals surface area contributed by atoms with Gasteiger partial charge in [0.05, 0.1) is 20.3 Å². The second-order valence-electron chi connectivity index (χ2n) is 8.85. The fourth-order valence-electron chi connectivity index (χ4n) is 3.79. The molecule has 1 aliphatic carbocycles. The third-order valence-electron chi connectivity index (χ3n) is 5.72. The van der Waals surface area contributed by atoms with Crippen LogP contribution in [0.3, 0.4) is 0 Å². The number of methoxy groups -OCH3 is 1. The SMILES string of the molecule is COc1ccc(COCC=C(C)C=CC=C(C)C=CC2=C(C)CCCC2(C)C)cc1. The summed E-state index contributed by atoms with van der Waals surface area (Å²) in [5, 5.41) is 0. The van der Waals surface area contributed by atoms with E-state index in [0.29, 0.717) is 18.6 Å². The molecule has 1 aromatic rings. The zero-order chi connectivity index (χ0) is 22.0. The molecule has 0 bridgehead atoms. The molecule has 0 spiro atoms. The Bertz CT molecular complexity index is 830. The van der Waals surface area contributed by atoms with Crippen LogP contribution < -0.4 is 4.74 Å². The highest BCUT2D eigenvalue weighted by Crippen LogP contribution is 2.40. The predicted octanol–water partition coefficient (Wildman–Crippen LogP) is 7.74. The Kier molecular flexibility index (Phi) is 9.39. The molecule has 0 N–H and O–H groups in total. The number of rotatable bonds is 9. The van der Waals surface area contributed by atoms with Gasteiger partial charge in [-0.3, -0.25) is 0 Å². The first kappa shape index (κ1) is 24.0. The zero-order valence-corrected chi connectivity index (χ0v) is 19.6. The molecule has 1 aliphatic rings. The average molecular weight is 407 g/mol. The summed E-state index contributed by atoms with van der Waals surface area (Å²) in [6.45, 7) is 12.5. The third kappa shape index (κ3) is 7.84. The van der Waals surface area contributed by atoms with Crippen molar-refractivity contribution in [3.63, 3.8) is 0 Å². The molecule has 162 valence electrons. The molecule has 0 heterocycles. The molecule has 1 aromatic carbocycles. The van der Waals surface area contributed by atoms with Gasteiger partial charge in [-0.15, -0.1) is 0 Å². The molecule has 2 rings (SSSR count). The van der Waals surface area contributed by atoms with Crippen molar-refractivity contribution in [2.24, 2.45) is 5.41 Å². The van der Waals surface area contributed by atoms with Crippen molar-refractivity contribution >= 4 is 0 Å². The summed E-state index contributed by atoms with van der Waals surface area (Å²) >= 11 is 0. The first-order valence-corrected chi connectivity index (χ1v) is 10.9. The Labute approximate surface area is 183 Å². The van der Waals surface area contributed by atoms with Crippen LogP contribution in [0.1, 0.15) is 59.4 Å². The molecule has 0 aromatic heterocycles. The monoisotopic (exact) mass is 406 g/mol. The van der Waals surface area contributed by atoms with Crippen LogP contribution in [0.5, 0.6) is 5.75 Å². The van der Waals surface area contributed by atoms with Gasteiger partial charge in [0.25, 0.3) is 0 Å². The van der Waals surface area contributed by atoms with Gasteiger partial charge in [0.15, 0.2) is 0 Å². The van der Waals surface area contributed by atoms with E-state index in [1.807, 2.05) is 24.3 Å². The highest BCUT2D eigenvalue weighted by molar-refractivity contribution is 5.37. The lowest BCUT2D eigenvalue weighted by molar-refractivity contribution is 0.148. The molecule has 0 fully saturated rings. The Hall–Kier alpha value is -2.32. The fraction of sp³-hybridized carbons (Fsp3) is 0.429. The smallest absolute Gasteiger partial charge is 0.118 e. The van der Waals surface area contributed by atoms with Crippen LogP contribution in [0.2, 0.25) is 0 Å². The van der Waals surface area contributed by atoms with Crippen LogP contribution in [0.4, 0.5) is 0 Å². The number of benzene rings is 1. The van der Waals surface area contributed by atoms with Crippen LogP contribution in [0.25, 0.3) is 0 Å². The minimum absolute atomic E-state index is 0.292. The van der Waals surface area contributed by atoms with Gasteiger partial charge >= 0.3 is 0 Å². The first-order valence-electron chi connectivity index (χ1n) is 10.9. The van der Waals surface area contributed by atoms with Gasteiger partial charge in [-0.2, -0.15) is 0 Å². The first-order chi connectivity index (χ1) is 14.3. The van der Waals surface area contributed by atoms with Crippen LogP contribution >= 0.6 is 0 Å². The number of ether oxygens (including phenoxy) is 2. The van der Waals surface area contributed by atoms with Crippen molar-refractivity contribution in [2.45, 2.75) is 60.5 Å². The summed E-state index contributed by atoms with van der Waals surface area (Å²) in [6, 6.07) is 7.97. The van der Waals surface area contributed by atoms with Gasteiger partial charge in [-0.1, -0.05) is 79.2 Å². The molecule has 0 saturated carbocycles. The second-order valence-corrected chi connectivity index (χ2v) is 8.85. The molecular weight excluding hydrogens is 368 g/mol. The van der Waals surface area contributed by atoms with Gasteiger partial charge in [-0.25, -0.2) is 0 Å². The van der Waals surface area contributed by atoms with Crippen molar-refractivity contribution in [1.29, 1.82) is 0 Å². The summed E-state index contributed by atoms with van der Waals surface area (Å²) in [4.78, 5) is 0. The van der Waals surface area contributed by atoms with Crippen molar-refractivity contribution in [1.82, 2.24) is 0 Å². The van der Waals surface area contributed by atoms with Gasteiger partial charge in [0.2, 0.25) is 0 Å². The minimum Gasteiger partial charge on any atom is -0.497 e. The van der Waals surface area contributed by atoms with Crippen LogP contribution in [0, 0.1) is 5.41 Å². The average Bonchev–Trinajstić information content (AvgIpc) is 2.71. The van der Waals surface area contributed by atoms with E-state index in [9.17, 15) is 0 Å². The summed E-state index contributed by atoms with van der Waals surface area (Å²) in [6.07, 6.45) is 16.9. The summed E-state index contributed by atoms with van der Waals surface area (Å²) in [5.74, 6) is 0.868. The Balaban J connectivity index is 1.81. The van der Waals surface area contributed by atoms with Gasteiger partial charge in [-0.05, 0) is 68.7 Å². The maximum absolute atomic E-state index is 5.74. The summed E-state index contributed by atoms with van der Waals surface area (Å²) < 4.78 is 10.9. The van der Waals surface area contributed by atoms with Gasteiger partial charge in [0, 0.05) is 0 Å². The molecule has 0 saturated heterocycles. The topological polar surface area (TPSA) is 18.5 Å². The van der Waals surface area contributed by atoms with Gasteiger partial charge in [0.1, 0.15) is 5.75 Å². The minimum atomic E-state index is 0.292. The molecular formula is C28H38O2. The van der Waals surface area contributed by atoms with E-state index in [-0.39, 0.29) is 0 Å². The van der Waals surface area contributed by atoms with E-state index in [2.05, 4.69) is 71.1 Å². The molecule has 2 nitrogen and oxygen atoms in total. The normalized spacial score (nSPS) is 17.9. The molecule has 0 amide bonds. The lowest BCUT2D eigenvalue weighted by Crippen LogP contribution is -2.19. The van der Waals surface area contributed by atoms with E-state index < -0.39 is 0 Å². The Morgan fingerprint density at radius 3 is 2.47 bits per heavy atom. The van der Waals surface area contributed by atoms with Crippen molar-refractivity contribution in [3.8, 4) is 5.75 Å². The highest BCUT2D eigenvalue weighted by atomic mass is 16.5. The standard InChI is InChI=1S/C28H38O2/c1-22(12-17-27-24(3)11-8-19-28(27,4)5)9-7-10-23(2)18-20-30-21-25-13-15-26(29-6)16-14-25/h7,9-10,12-18H,8,11,19-21H2,1-6H3. The van der Waals surface area contributed by atoms with E-state index in [0.717, 1.165) is 11.3 Å². The molecule has 0 aliphatic heterocycles. The molecule has 0 unspecified atom stereocenters. The number of allylic oxidation sites excluding steroid dienone is 9. The second kappa shape index (κ2) is 11.8. The van der Waals surface area contributed by atoms with E-state index in [1.165, 1.54) is 36.0 Å². The fourth-order valence-corrected chi connectivity index (χ4v) is 3.79. The quantitative estimate of drug-likeness (QED) is 0.308. The lowest BCUT2D eigenvalue weighted by Gasteiger charge is -2.32. The van der Waals surface area contributed by atoms with Crippen LogP contribution in [-0.2, 0) is 11.3 Å². The maximum Gasteiger partial charge on any atom is 0.118 e. The molecule has 2 heteroatoms. The molecule has 0 radical (unpaired) electrons. The molecule has 30 heavy (non-hydrogen) atoms. The third-order valence-corrected chi connectivity index (χ3v) is 5.72. The highest BCUT2D eigenvalue weighted by Gasteiger charge is 2.26. The summed E-state index contributed by atoms with van der Waals surface area (Å²) in [7, 11) is 1.68. The van der Waals surface area contributed by atoms with Crippen molar-refractivity contribution < 1.29 is 9.47 Å². The van der Waals surface area contributed by atoms with E-state index >= 15 is 0 Å².